The summed E-state index contributed by atoms with van der Waals surface area (Å²) in [4.78, 5) is 13.4. The van der Waals surface area contributed by atoms with Gasteiger partial charge in [0.2, 0.25) is 11.8 Å². The summed E-state index contributed by atoms with van der Waals surface area (Å²) < 4.78 is 11.8. The third-order valence-corrected chi connectivity index (χ3v) is 4.92. The number of nitrogens with zero attached hydrogens (tertiary/aromatic N) is 3. The summed E-state index contributed by atoms with van der Waals surface area (Å²) in [7, 11) is 0. The molecule has 1 aliphatic rings. The van der Waals surface area contributed by atoms with Crippen LogP contribution in [0.2, 0.25) is 0 Å². The van der Waals surface area contributed by atoms with Crippen LogP contribution in [-0.4, -0.2) is 29.3 Å². The summed E-state index contributed by atoms with van der Waals surface area (Å²) in [5.41, 5.74) is 0. The van der Waals surface area contributed by atoms with Crippen molar-refractivity contribution in [2.45, 2.75) is 31.4 Å². The summed E-state index contributed by atoms with van der Waals surface area (Å²) in [5.74, 6) is 0.175. The van der Waals surface area contributed by atoms with Gasteiger partial charge in [-0.2, -0.15) is 0 Å². The maximum atomic E-state index is 11.4. The highest BCUT2D eigenvalue weighted by atomic mass is 79.9. The number of rotatable bonds is 5. The molecule has 0 aromatic carbocycles. The lowest BCUT2D eigenvalue weighted by atomic mass is 10.1. The minimum absolute atomic E-state index is 0.0647. The van der Waals surface area contributed by atoms with Crippen LogP contribution in [0.1, 0.15) is 30.9 Å². The fourth-order valence-corrected chi connectivity index (χ4v) is 3.68. The molecule has 0 radical (unpaired) electrons. The standard InChI is InChI=1S/C15H16BrN3O4S/c1-9-17-18-15(22-9)24-12(14(20)21)8-10-7-11(16)13(23-10)19-5-3-2-4-6-19/h7-8H,2-6H2,1H3,(H,20,21)/p-1/b12-8-. The monoisotopic (exact) mass is 412 g/mol. The Balaban J connectivity index is 1.83. The van der Waals surface area contributed by atoms with E-state index in [2.05, 4.69) is 31.0 Å². The van der Waals surface area contributed by atoms with Crippen molar-refractivity contribution < 1.29 is 18.7 Å². The predicted molar refractivity (Wildman–Crippen MR) is 90.3 cm³/mol. The number of carboxylic acid groups (broad SMARTS) is 1. The molecular weight excluding hydrogens is 398 g/mol. The molecular formula is C15H15BrN3O4S-. The number of hydrogen-bond acceptors (Lipinski definition) is 8. The Morgan fingerprint density at radius 3 is 2.71 bits per heavy atom. The molecule has 0 unspecified atom stereocenters. The molecule has 2 aromatic rings. The van der Waals surface area contributed by atoms with Gasteiger partial charge in [0.15, 0.2) is 0 Å². The van der Waals surface area contributed by atoms with Gasteiger partial charge in [-0.25, -0.2) is 0 Å². The van der Waals surface area contributed by atoms with Gasteiger partial charge in [0.05, 0.1) is 10.4 Å². The molecule has 0 amide bonds. The van der Waals surface area contributed by atoms with E-state index >= 15 is 0 Å². The van der Waals surface area contributed by atoms with E-state index in [1.54, 1.807) is 13.0 Å². The van der Waals surface area contributed by atoms with Gasteiger partial charge in [-0.1, -0.05) is 0 Å². The lowest BCUT2D eigenvalue weighted by molar-refractivity contribution is -0.298. The minimum Gasteiger partial charge on any atom is -0.544 e. The second-order valence-corrected chi connectivity index (χ2v) is 7.18. The van der Waals surface area contributed by atoms with Crippen LogP contribution in [0, 0.1) is 6.92 Å². The number of aryl methyl sites for hydroxylation is 1. The van der Waals surface area contributed by atoms with Gasteiger partial charge in [-0.05, 0) is 53.0 Å². The van der Waals surface area contributed by atoms with Crippen LogP contribution in [0.3, 0.4) is 0 Å². The number of carboxylic acids is 1. The molecule has 1 fully saturated rings. The highest BCUT2D eigenvalue weighted by Crippen LogP contribution is 2.34. The molecule has 2 aromatic heterocycles. The maximum Gasteiger partial charge on any atom is 0.281 e. The van der Waals surface area contributed by atoms with Crippen LogP contribution in [0.25, 0.3) is 6.08 Å². The SMILES string of the molecule is Cc1nnc(S/C(=C\c2cc(Br)c(N3CCCCC3)o2)C(=O)[O-])o1. The van der Waals surface area contributed by atoms with Crippen molar-refractivity contribution >= 4 is 45.6 Å². The quantitative estimate of drug-likeness (QED) is 0.545. The van der Waals surface area contributed by atoms with Crippen molar-refractivity contribution in [1.82, 2.24) is 10.2 Å². The van der Waals surface area contributed by atoms with Crippen molar-refractivity contribution in [1.29, 1.82) is 0 Å². The number of halogens is 1. The van der Waals surface area contributed by atoms with E-state index in [1.165, 1.54) is 12.5 Å². The van der Waals surface area contributed by atoms with Crippen LogP contribution in [-0.2, 0) is 4.79 Å². The Morgan fingerprint density at radius 2 is 2.08 bits per heavy atom. The van der Waals surface area contributed by atoms with E-state index in [0.717, 1.165) is 48.0 Å². The Morgan fingerprint density at radius 1 is 1.33 bits per heavy atom. The highest BCUT2D eigenvalue weighted by Gasteiger charge is 2.19. The van der Waals surface area contributed by atoms with E-state index in [4.69, 9.17) is 8.83 Å². The van der Waals surface area contributed by atoms with Crippen LogP contribution in [0.4, 0.5) is 5.88 Å². The molecule has 1 aliphatic heterocycles. The summed E-state index contributed by atoms with van der Waals surface area (Å²) in [6.07, 6.45) is 4.86. The number of carbonyl (C=O) groups is 1. The molecule has 1 saturated heterocycles. The third-order valence-electron chi connectivity index (χ3n) is 3.51. The average molecular weight is 413 g/mol. The molecule has 7 nitrogen and oxygen atoms in total. The van der Waals surface area contributed by atoms with E-state index in [1.807, 2.05) is 0 Å². The summed E-state index contributed by atoms with van der Waals surface area (Å²) in [6, 6.07) is 1.74. The molecule has 0 bridgehead atoms. The third kappa shape index (κ3) is 4.02. The zero-order chi connectivity index (χ0) is 17.1. The molecule has 128 valence electrons. The highest BCUT2D eigenvalue weighted by molar-refractivity contribution is 9.10. The van der Waals surface area contributed by atoms with Gasteiger partial charge in [0.1, 0.15) is 5.76 Å². The summed E-state index contributed by atoms with van der Waals surface area (Å²) in [5, 5.41) is 18.9. The second kappa shape index (κ2) is 7.43. The van der Waals surface area contributed by atoms with Crippen LogP contribution >= 0.6 is 27.7 Å². The Labute approximate surface area is 151 Å². The lowest BCUT2D eigenvalue weighted by Crippen LogP contribution is -2.29. The molecule has 0 atom stereocenters. The molecule has 0 aliphatic carbocycles. The van der Waals surface area contributed by atoms with E-state index < -0.39 is 5.97 Å². The zero-order valence-corrected chi connectivity index (χ0v) is 15.4. The van der Waals surface area contributed by atoms with Gasteiger partial charge in [-0.3, -0.25) is 0 Å². The Kier molecular flexibility index (Phi) is 5.30. The first kappa shape index (κ1) is 17.1. The molecule has 0 N–H and O–H groups in total. The fourth-order valence-electron chi connectivity index (χ4n) is 2.43. The first-order valence-electron chi connectivity index (χ1n) is 7.48. The molecule has 0 spiro atoms. The number of hydrogen-bond donors (Lipinski definition) is 0. The summed E-state index contributed by atoms with van der Waals surface area (Å²) in [6.45, 7) is 3.49. The molecule has 3 heterocycles. The topological polar surface area (TPSA) is 95.4 Å². The van der Waals surface area contributed by atoms with Gasteiger partial charge in [0, 0.05) is 31.0 Å². The zero-order valence-electron chi connectivity index (χ0n) is 13.0. The number of carbonyl (C=O) groups excluding carboxylic acids is 1. The number of anilines is 1. The lowest BCUT2D eigenvalue weighted by Gasteiger charge is -2.26. The first-order chi connectivity index (χ1) is 11.5. The minimum atomic E-state index is -1.33. The van der Waals surface area contributed by atoms with Crippen molar-refractivity contribution in [3.8, 4) is 0 Å². The number of aliphatic carboxylic acids is 1. The Hall–Kier alpha value is -1.74. The number of piperidine rings is 1. The van der Waals surface area contributed by atoms with Gasteiger partial charge >= 0.3 is 0 Å². The van der Waals surface area contributed by atoms with Crippen LogP contribution in [0.5, 0.6) is 0 Å². The number of aromatic nitrogens is 2. The molecule has 0 saturated carbocycles. The van der Waals surface area contributed by atoms with Gasteiger partial charge in [-0.15, -0.1) is 10.2 Å². The summed E-state index contributed by atoms with van der Waals surface area (Å²) >= 11 is 4.31. The first-order valence-corrected chi connectivity index (χ1v) is 9.09. The van der Waals surface area contributed by atoms with Crippen molar-refractivity contribution in [3.05, 3.63) is 27.1 Å². The number of furan rings is 1. The smallest absolute Gasteiger partial charge is 0.281 e. The fraction of sp³-hybridized carbons (Fsp3) is 0.400. The largest absolute Gasteiger partial charge is 0.544 e. The van der Waals surface area contributed by atoms with E-state index in [0.29, 0.717) is 11.7 Å². The van der Waals surface area contributed by atoms with Crippen LogP contribution < -0.4 is 10.0 Å². The van der Waals surface area contributed by atoms with E-state index in [9.17, 15) is 9.90 Å². The van der Waals surface area contributed by atoms with Gasteiger partial charge in [0.25, 0.3) is 5.22 Å². The molecule has 9 heteroatoms. The number of thioether (sulfide) groups is 1. The van der Waals surface area contributed by atoms with Crippen molar-refractivity contribution in [2.24, 2.45) is 0 Å². The second-order valence-electron chi connectivity index (χ2n) is 5.33. The normalized spacial score (nSPS) is 15.8. The maximum absolute atomic E-state index is 11.4. The Bertz CT molecular complexity index is 765. The van der Waals surface area contributed by atoms with Crippen molar-refractivity contribution in [2.75, 3.05) is 18.0 Å². The molecule has 3 rings (SSSR count). The predicted octanol–water partition coefficient (Wildman–Crippen LogP) is 2.61. The average Bonchev–Trinajstić information content (AvgIpc) is 3.13. The van der Waals surface area contributed by atoms with Crippen molar-refractivity contribution in [3.63, 3.8) is 0 Å². The van der Waals surface area contributed by atoms with Gasteiger partial charge < -0.3 is 23.6 Å². The van der Waals surface area contributed by atoms with Crippen LogP contribution in [0.15, 0.2) is 29.5 Å². The molecule has 24 heavy (non-hydrogen) atoms. The van der Waals surface area contributed by atoms with E-state index in [-0.39, 0.29) is 10.1 Å².